The second-order valence-electron chi connectivity index (χ2n) is 6.95. The molecule has 1 aliphatic heterocycles. The van der Waals surface area contributed by atoms with E-state index in [0.29, 0.717) is 11.6 Å². The predicted molar refractivity (Wildman–Crippen MR) is 84.9 cm³/mol. The third kappa shape index (κ3) is 3.07. The lowest BCUT2D eigenvalue weighted by Crippen LogP contribution is -2.49. The van der Waals surface area contributed by atoms with Crippen LogP contribution < -0.4 is 5.32 Å². The molecule has 0 bridgehead atoms. The molecule has 0 aromatic heterocycles. The number of benzene rings is 1. The van der Waals surface area contributed by atoms with Gasteiger partial charge in [0.05, 0.1) is 0 Å². The molecule has 20 heavy (non-hydrogen) atoms. The monoisotopic (exact) mass is 272 g/mol. The Balaban J connectivity index is 1.75. The first kappa shape index (κ1) is 14.1. The highest BCUT2D eigenvalue weighted by molar-refractivity contribution is 5.22. The molecule has 110 valence electrons. The highest BCUT2D eigenvalue weighted by Crippen LogP contribution is 2.33. The molecule has 1 aromatic carbocycles. The minimum absolute atomic E-state index is 0.411. The summed E-state index contributed by atoms with van der Waals surface area (Å²) in [4.78, 5) is 2.71. The van der Waals surface area contributed by atoms with Crippen LogP contribution in [0.25, 0.3) is 0 Å². The smallest absolute Gasteiger partial charge is 0.0309 e. The van der Waals surface area contributed by atoms with Gasteiger partial charge in [0.2, 0.25) is 0 Å². The van der Waals surface area contributed by atoms with Crippen molar-refractivity contribution < 1.29 is 0 Å². The van der Waals surface area contributed by atoms with E-state index in [1.807, 2.05) is 0 Å². The number of nitrogens with one attached hydrogen (secondary N) is 1. The summed E-state index contributed by atoms with van der Waals surface area (Å²) < 4.78 is 0. The molecule has 1 saturated carbocycles. The summed E-state index contributed by atoms with van der Waals surface area (Å²) in [5, 5.41) is 3.87. The minimum atomic E-state index is 0.411. The summed E-state index contributed by atoms with van der Waals surface area (Å²) in [6.45, 7) is 8.10. The SMILES string of the molecule is Cc1cccc(CN2CC3(CCCC3)NCCC2C)c1. The second kappa shape index (κ2) is 5.87. The van der Waals surface area contributed by atoms with Crippen LogP contribution in [0.15, 0.2) is 24.3 Å². The van der Waals surface area contributed by atoms with Crippen LogP contribution in [0.1, 0.15) is 50.2 Å². The van der Waals surface area contributed by atoms with Crippen LogP contribution in [0, 0.1) is 6.92 Å². The summed E-state index contributed by atoms with van der Waals surface area (Å²) in [6.07, 6.45) is 6.81. The lowest BCUT2D eigenvalue weighted by atomic mass is 9.96. The molecular formula is C18H28N2. The van der Waals surface area contributed by atoms with Gasteiger partial charge in [-0.3, -0.25) is 4.90 Å². The highest BCUT2D eigenvalue weighted by Gasteiger charge is 2.37. The van der Waals surface area contributed by atoms with Gasteiger partial charge in [0.1, 0.15) is 0 Å². The number of rotatable bonds is 2. The molecule has 2 aliphatic rings. The third-order valence-electron chi connectivity index (χ3n) is 5.22. The summed E-state index contributed by atoms with van der Waals surface area (Å²) in [5.74, 6) is 0. The Morgan fingerprint density at radius 1 is 1.30 bits per heavy atom. The van der Waals surface area contributed by atoms with Gasteiger partial charge < -0.3 is 5.32 Å². The maximum Gasteiger partial charge on any atom is 0.0309 e. The largest absolute Gasteiger partial charge is 0.310 e. The number of nitrogens with zero attached hydrogens (tertiary/aromatic N) is 1. The fourth-order valence-corrected chi connectivity index (χ4v) is 3.97. The van der Waals surface area contributed by atoms with Gasteiger partial charge in [0.15, 0.2) is 0 Å². The Kier molecular flexibility index (Phi) is 4.13. The van der Waals surface area contributed by atoms with E-state index in [1.165, 1.54) is 56.3 Å². The van der Waals surface area contributed by atoms with Crippen molar-refractivity contribution in [3.05, 3.63) is 35.4 Å². The second-order valence-corrected chi connectivity index (χ2v) is 6.95. The first-order chi connectivity index (χ1) is 9.67. The van der Waals surface area contributed by atoms with Crippen molar-refractivity contribution in [1.82, 2.24) is 10.2 Å². The molecule has 0 amide bonds. The van der Waals surface area contributed by atoms with E-state index >= 15 is 0 Å². The molecular weight excluding hydrogens is 244 g/mol. The first-order valence-corrected chi connectivity index (χ1v) is 8.22. The van der Waals surface area contributed by atoms with E-state index < -0.39 is 0 Å². The molecule has 1 atom stereocenters. The molecule has 2 nitrogen and oxygen atoms in total. The van der Waals surface area contributed by atoms with Gasteiger partial charge in [-0.1, -0.05) is 42.7 Å². The zero-order chi connectivity index (χ0) is 14.0. The van der Waals surface area contributed by atoms with Crippen LogP contribution in [0.2, 0.25) is 0 Å². The van der Waals surface area contributed by atoms with Crippen molar-refractivity contribution >= 4 is 0 Å². The Hall–Kier alpha value is -0.860. The average Bonchev–Trinajstić information content (AvgIpc) is 2.80. The van der Waals surface area contributed by atoms with Crippen LogP contribution in [-0.4, -0.2) is 29.6 Å². The predicted octanol–water partition coefficient (Wildman–Crippen LogP) is 3.49. The molecule has 1 heterocycles. The minimum Gasteiger partial charge on any atom is -0.310 e. The van der Waals surface area contributed by atoms with Gasteiger partial charge in [-0.05, 0) is 45.2 Å². The quantitative estimate of drug-likeness (QED) is 0.886. The van der Waals surface area contributed by atoms with Crippen molar-refractivity contribution in [2.75, 3.05) is 13.1 Å². The Labute approximate surface area is 123 Å². The van der Waals surface area contributed by atoms with Gasteiger partial charge in [-0.15, -0.1) is 0 Å². The van der Waals surface area contributed by atoms with Gasteiger partial charge in [0.25, 0.3) is 0 Å². The van der Waals surface area contributed by atoms with E-state index in [0.717, 1.165) is 6.54 Å². The van der Waals surface area contributed by atoms with Crippen molar-refractivity contribution in [2.45, 2.75) is 64.1 Å². The molecule has 1 aromatic rings. The fraction of sp³-hybridized carbons (Fsp3) is 0.667. The molecule has 2 fully saturated rings. The summed E-state index contributed by atoms with van der Waals surface area (Å²) in [5.41, 5.74) is 3.25. The lowest BCUT2D eigenvalue weighted by molar-refractivity contribution is 0.160. The first-order valence-electron chi connectivity index (χ1n) is 8.22. The number of hydrogen-bond donors (Lipinski definition) is 1. The summed E-state index contributed by atoms with van der Waals surface area (Å²) >= 11 is 0. The lowest BCUT2D eigenvalue weighted by Gasteiger charge is -2.35. The zero-order valence-electron chi connectivity index (χ0n) is 13.0. The molecule has 1 aliphatic carbocycles. The van der Waals surface area contributed by atoms with Gasteiger partial charge in [-0.25, -0.2) is 0 Å². The Bertz CT molecular complexity index is 448. The van der Waals surface area contributed by atoms with E-state index in [2.05, 4.69) is 48.3 Å². The van der Waals surface area contributed by atoms with Crippen LogP contribution in [0.3, 0.4) is 0 Å². The van der Waals surface area contributed by atoms with Crippen molar-refractivity contribution in [1.29, 1.82) is 0 Å². The van der Waals surface area contributed by atoms with Gasteiger partial charge in [-0.2, -0.15) is 0 Å². The van der Waals surface area contributed by atoms with Crippen molar-refractivity contribution in [3.63, 3.8) is 0 Å². The molecule has 3 rings (SSSR count). The Morgan fingerprint density at radius 2 is 2.10 bits per heavy atom. The van der Waals surface area contributed by atoms with Gasteiger partial charge >= 0.3 is 0 Å². The molecule has 2 heteroatoms. The average molecular weight is 272 g/mol. The van der Waals surface area contributed by atoms with Crippen molar-refractivity contribution in [3.8, 4) is 0 Å². The molecule has 1 N–H and O–H groups in total. The van der Waals surface area contributed by atoms with E-state index in [-0.39, 0.29) is 0 Å². The van der Waals surface area contributed by atoms with Crippen LogP contribution in [-0.2, 0) is 6.54 Å². The third-order valence-corrected chi connectivity index (χ3v) is 5.22. The van der Waals surface area contributed by atoms with Crippen molar-refractivity contribution in [2.24, 2.45) is 0 Å². The van der Waals surface area contributed by atoms with E-state index in [9.17, 15) is 0 Å². The molecule has 1 unspecified atom stereocenters. The van der Waals surface area contributed by atoms with Gasteiger partial charge in [0, 0.05) is 24.7 Å². The van der Waals surface area contributed by atoms with Crippen LogP contribution >= 0.6 is 0 Å². The highest BCUT2D eigenvalue weighted by atomic mass is 15.2. The number of hydrogen-bond acceptors (Lipinski definition) is 2. The zero-order valence-corrected chi connectivity index (χ0v) is 13.0. The topological polar surface area (TPSA) is 15.3 Å². The normalized spacial score (nSPS) is 26.8. The Morgan fingerprint density at radius 3 is 2.85 bits per heavy atom. The number of aryl methyl sites for hydroxylation is 1. The summed E-state index contributed by atoms with van der Waals surface area (Å²) in [6, 6.07) is 9.68. The summed E-state index contributed by atoms with van der Waals surface area (Å²) in [7, 11) is 0. The van der Waals surface area contributed by atoms with Crippen LogP contribution in [0.5, 0.6) is 0 Å². The molecule has 1 spiro atoms. The van der Waals surface area contributed by atoms with Crippen LogP contribution in [0.4, 0.5) is 0 Å². The molecule has 1 saturated heterocycles. The van der Waals surface area contributed by atoms with E-state index in [1.54, 1.807) is 0 Å². The maximum atomic E-state index is 3.87. The molecule has 0 radical (unpaired) electrons. The van der Waals surface area contributed by atoms with E-state index in [4.69, 9.17) is 0 Å². The fourth-order valence-electron chi connectivity index (χ4n) is 3.97. The maximum absolute atomic E-state index is 3.87. The standard InChI is InChI=1S/C18H28N2/c1-15-6-5-7-17(12-15)13-20-14-18(9-3-4-10-18)19-11-8-16(20)2/h5-7,12,16,19H,3-4,8-11,13-14H2,1-2H3.